The molecule has 4 heterocycles. The van der Waals surface area contributed by atoms with E-state index in [1.165, 1.54) is 11.8 Å². The second-order valence-electron chi connectivity index (χ2n) is 10.4. The van der Waals surface area contributed by atoms with E-state index in [0.29, 0.717) is 23.7 Å². The van der Waals surface area contributed by atoms with Gasteiger partial charge in [-0.3, -0.25) is 14.4 Å². The number of ether oxygens (including phenoxy) is 1. The lowest BCUT2D eigenvalue weighted by atomic mass is 9.74. The number of fused-ring (bicyclic) bond motifs is 2. The maximum absolute atomic E-state index is 14.5. The number of cyclic esters (lactones) is 1. The molecule has 2 fully saturated rings. The first-order valence-corrected chi connectivity index (χ1v) is 14.2. The van der Waals surface area contributed by atoms with Crippen molar-refractivity contribution in [1.29, 1.82) is 0 Å². The Bertz CT molecular complexity index is 1150. The van der Waals surface area contributed by atoms with E-state index in [1.54, 1.807) is 28.0 Å². The van der Waals surface area contributed by atoms with E-state index in [1.807, 2.05) is 38.1 Å². The average molecular weight is 545 g/mol. The molecule has 4 aliphatic rings. The lowest BCUT2D eigenvalue weighted by Crippen LogP contribution is -2.56. The molecule has 2 amide bonds. The zero-order valence-electron chi connectivity index (χ0n) is 21.1. The highest BCUT2D eigenvalue weighted by atomic mass is 35.5. The van der Waals surface area contributed by atoms with Crippen LogP contribution in [0.2, 0.25) is 5.02 Å². The Morgan fingerprint density at radius 1 is 1.14 bits per heavy atom. The Labute approximate surface area is 226 Å². The van der Waals surface area contributed by atoms with Crippen LogP contribution < -0.4 is 4.90 Å². The zero-order chi connectivity index (χ0) is 26.4. The maximum atomic E-state index is 14.5. The summed E-state index contributed by atoms with van der Waals surface area (Å²) in [5.41, 5.74) is 0.566. The van der Waals surface area contributed by atoms with Crippen molar-refractivity contribution >= 4 is 46.8 Å². The minimum Gasteiger partial charge on any atom is -0.465 e. The Morgan fingerprint density at radius 3 is 2.65 bits per heavy atom. The number of nitrogens with zero attached hydrogens (tertiary/aromatic N) is 2. The second kappa shape index (κ2) is 10.1. The normalized spacial score (nSPS) is 35.4. The number of rotatable bonds is 4. The quantitative estimate of drug-likeness (QED) is 0.456. The number of likely N-dealkylation sites (tertiary alicyclic amines) is 1. The fourth-order valence-electron chi connectivity index (χ4n) is 6.43. The minimum absolute atomic E-state index is 0.266. The van der Waals surface area contributed by atoms with Crippen LogP contribution in [-0.2, 0) is 19.1 Å². The zero-order valence-corrected chi connectivity index (χ0v) is 22.7. The van der Waals surface area contributed by atoms with Gasteiger partial charge in [-0.2, -0.15) is 0 Å². The van der Waals surface area contributed by atoms with Gasteiger partial charge >= 0.3 is 5.97 Å². The Kier molecular flexibility index (Phi) is 7.20. The smallest absolute Gasteiger partial charge is 0.311 e. The lowest BCUT2D eigenvalue weighted by molar-refractivity contribution is -0.154. The first-order valence-electron chi connectivity index (χ1n) is 13.0. The largest absolute Gasteiger partial charge is 0.465 e. The van der Waals surface area contributed by atoms with Crippen LogP contribution in [0.1, 0.15) is 39.5 Å². The number of carbonyl (C=O) groups excluding carboxylic acids is 3. The summed E-state index contributed by atoms with van der Waals surface area (Å²) >= 11 is 8.01. The number of halogens is 1. The molecule has 0 aromatic heterocycles. The molecular formula is C28H33ClN2O5S. The van der Waals surface area contributed by atoms with E-state index in [4.69, 9.17) is 16.3 Å². The SMILES string of the molecule is CC[C@@H](CO)N1C(=O)[C@@H]2[C@@H]3C(=O)OCCCC/C=C\[C@]3(C)S[C@@]23C=CCN(c2ccccc2Cl)C(=O)C13. The maximum Gasteiger partial charge on any atom is 0.311 e. The Hall–Kier alpha value is -2.29. The number of esters is 1. The van der Waals surface area contributed by atoms with Crippen LogP contribution in [0.4, 0.5) is 5.69 Å². The van der Waals surface area contributed by atoms with E-state index < -0.39 is 39.4 Å². The number of carbonyl (C=O) groups is 3. The molecule has 5 rings (SSSR count). The van der Waals surface area contributed by atoms with Crippen LogP contribution in [0.3, 0.4) is 0 Å². The van der Waals surface area contributed by atoms with Gasteiger partial charge in [0.2, 0.25) is 5.91 Å². The van der Waals surface area contributed by atoms with Gasteiger partial charge in [-0.15, -0.1) is 11.8 Å². The number of aliphatic hydroxyl groups is 1. The van der Waals surface area contributed by atoms with Crippen LogP contribution in [0, 0.1) is 11.8 Å². The highest BCUT2D eigenvalue weighted by molar-refractivity contribution is 8.02. The first-order chi connectivity index (χ1) is 17.8. The topological polar surface area (TPSA) is 87.2 Å². The van der Waals surface area contributed by atoms with Crippen molar-refractivity contribution in [3.8, 4) is 0 Å². The Morgan fingerprint density at radius 2 is 1.92 bits per heavy atom. The number of para-hydroxylation sites is 1. The standard InChI is InChI=1S/C28H33ClN2O5S/c1-3-18(17-32)31-23-25(34)30(20-12-7-6-11-19(20)29)15-10-14-28(23)21(24(31)33)22-26(35)36-16-9-5-4-8-13-27(22,2)37-28/h6-8,10-14,18,21-23,32H,3-5,9,15-17H2,1-2H3/b13-8-/t18-,21-,22+,23?,27-,28-/m0/s1. The van der Waals surface area contributed by atoms with Gasteiger partial charge in [-0.25, -0.2) is 0 Å². The van der Waals surface area contributed by atoms with E-state index in [9.17, 15) is 19.5 Å². The van der Waals surface area contributed by atoms with Crippen LogP contribution in [0.15, 0.2) is 48.6 Å². The molecule has 0 aliphatic carbocycles. The number of anilines is 1. The van der Waals surface area contributed by atoms with Gasteiger partial charge in [0.15, 0.2) is 0 Å². The third kappa shape index (κ3) is 4.12. The van der Waals surface area contributed by atoms with Crippen molar-refractivity contribution in [2.24, 2.45) is 11.8 Å². The molecule has 1 N–H and O–H groups in total. The molecule has 0 bridgehead atoms. The predicted octanol–water partition coefficient (Wildman–Crippen LogP) is 3.98. The van der Waals surface area contributed by atoms with Crippen LogP contribution >= 0.6 is 23.4 Å². The highest BCUT2D eigenvalue weighted by Crippen LogP contribution is 2.65. The monoisotopic (exact) mass is 544 g/mol. The van der Waals surface area contributed by atoms with Crippen molar-refractivity contribution in [1.82, 2.24) is 4.90 Å². The molecule has 0 saturated carbocycles. The summed E-state index contributed by atoms with van der Waals surface area (Å²) in [7, 11) is 0. The summed E-state index contributed by atoms with van der Waals surface area (Å²) in [6.45, 7) is 4.18. The molecule has 9 heteroatoms. The van der Waals surface area contributed by atoms with Crippen LogP contribution in [0.5, 0.6) is 0 Å². The molecule has 2 saturated heterocycles. The molecule has 4 aliphatic heterocycles. The molecule has 1 aromatic rings. The summed E-state index contributed by atoms with van der Waals surface area (Å²) < 4.78 is 3.97. The van der Waals surface area contributed by atoms with Gasteiger partial charge in [0.05, 0.1) is 46.5 Å². The van der Waals surface area contributed by atoms with E-state index in [2.05, 4.69) is 6.08 Å². The molecule has 198 valence electrons. The summed E-state index contributed by atoms with van der Waals surface area (Å²) in [5.74, 6) is -2.50. The summed E-state index contributed by atoms with van der Waals surface area (Å²) in [6, 6.07) is 5.69. The van der Waals surface area contributed by atoms with Gasteiger partial charge in [-0.1, -0.05) is 55.0 Å². The van der Waals surface area contributed by atoms with Gasteiger partial charge in [-0.05, 0) is 44.7 Å². The fourth-order valence-corrected chi connectivity index (χ4v) is 8.81. The van der Waals surface area contributed by atoms with E-state index >= 15 is 0 Å². The molecule has 6 atom stereocenters. The van der Waals surface area contributed by atoms with Gasteiger partial charge < -0.3 is 19.6 Å². The number of allylic oxidation sites excluding steroid dienone is 1. The second-order valence-corrected chi connectivity index (χ2v) is 12.6. The first kappa shape index (κ1) is 26.3. The number of hydrogen-bond acceptors (Lipinski definition) is 6. The van der Waals surface area contributed by atoms with E-state index in [-0.39, 0.29) is 25.0 Å². The third-order valence-corrected chi connectivity index (χ3v) is 10.3. The van der Waals surface area contributed by atoms with E-state index in [0.717, 1.165) is 19.3 Å². The highest BCUT2D eigenvalue weighted by Gasteiger charge is 2.74. The summed E-state index contributed by atoms with van der Waals surface area (Å²) in [4.78, 5) is 45.5. The van der Waals surface area contributed by atoms with Gasteiger partial charge in [0.1, 0.15) is 6.04 Å². The van der Waals surface area contributed by atoms with Crippen LogP contribution in [0.25, 0.3) is 0 Å². The summed E-state index contributed by atoms with van der Waals surface area (Å²) in [5, 5.41) is 10.7. The summed E-state index contributed by atoms with van der Waals surface area (Å²) in [6.07, 6.45) is 11.0. The molecule has 1 spiro atoms. The molecule has 1 aromatic carbocycles. The van der Waals surface area contributed by atoms with Crippen molar-refractivity contribution in [2.75, 3.05) is 24.7 Å². The van der Waals surface area contributed by atoms with Crippen molar-refractivity contribution < 1.29 is 24.2 Å². The number of aliphatic hydroxyl groups excluding tert-OH is 1. The number of thioether (sulfide) groups is 1. The average Bonchev–Trinajstić information content (AvgIpc) is 3.21. The number of benzene rings is 1. The Balaban J connectivity index is 1.68. The van der Waals surface area contributed by atoms with Gasteiger partial charge in [0, 0.05) is 11.3 Å². The molecule has 7 nitrogen and oxygen atoms in total. The molecule has 0 radical (unpaired) electrons. The molecule has 1 unspecified atom stereocenters. The van der Waals surface area contributed by atoms with Gasteiger partial charge in [0.25, 0.3) is 5.91 Å². The van der Waals surface area contributed by atoms with Crippen molar-refractivity contribution in [3.05, 3.63) is 53.6 Å². The van der Waals surface area contributed by atoms with Crippen molar-refractivity contribution in [2.45, 2.75) is 61.1 Å². The fraction of sp³-hybridized carbons (Fsp3) is 0.536. The molecule has 37 heavy (non-hydrogen) atoms. The minimum atomic E-state index is -0.996. The lowest BCUT2D eigenvalue weighted by Gasteiger charge is -2.39. The molecular weight excluding hydrogens is 512 g/mol. The van der Waals surface area contributed by atoms with Crippen LogP contribution in [-0.4, -0.2) is 69.1 Å². The number of hydrogen-bond donors (Lipinski definition) is 1. The third-order valence-electron chi connectivity index (χ3n) is 8.16. The predicted molar refractivity (Wildman–Crippen MR) is 144 cm³/mol. The van der Waals surface area contributed by atoms with Crippen molar-refractivity contribution in [3.63, 3.8) is 0 Å². The number of amides is 2.